The van der Waals surface area contributed by atoms with Crippen molar-refractivity contribution in [3.8, 4) is 0 Å². The van der Waals surface area contributed by atoms with Crippen LogP contribution >= 0.6 is 0 Å². The third-order valence-corrected chi connectivity index (χ3v) is 4.62. The Morgan fingerprint density at radius 2 is 2.00 bits per heavy atom. The van der Waals surface area contributed by atoms with Gasteiger partial charge in [0.1, 0.15) is 5.82 Å². The van der Waals surface area contributed by atoms with Gasteiger partial charge in [-0.1, -0.05) is 18.2 Å². The average molecular weight is 421 g/mol. The van der Waals surface area contributed by atoms with Crippen LogP contribution in [0.2, 0.25) is 0 Å². The van der Waals surface area contributed by atoms with Crippen LogP contribution in [0.5, 0.6) is 0 Å². The van der Waals surface area contributed by atoms with Crippen LogP contribution in [0.3, 0.4) is 0 Å². The van der Waals surface area contributed by atoms with Crippen LogP contribution in [0.25, 0.3) is 0 Å². The zero-order valence-electron chi connectivity index (χ0n) is 16.7. The minimum Gasteiger partial charge on any atom is -0.425 e. The molecule has 0 aliphatic rings. The molecule has 0 aliphatic heterocycles. The quantitative estimate of drug-likeness (QED) is 0.557. The molecule has 0 saturated carbocycles. The molecule has 0 N–H and O–H groups in total. The Kier molecular flexibility index (Phi) is 6.53. The van der Waals surface area contributed by atoms with E-state index in [-0.39, 0.29) is 37.0 Å². The lowest BCUT2D eigenvalue weighted by atomic mass is 10.1. The van der Waals surface area contributed by atoms with Crippen LogP contribution in [-0.2, 0) is 36.9 Å². The summed E-state index contributed by atoms with van der Waals surface area (Å²) in [6, 6.07) is 4.98. The summed E-state index contributed by atoms with van der Waals surface area (Å²) in [6.07, 6.45) is -0.337. The van der Waals surface area contributed by atoms with E-state index in [0.29, 0.717) is 12.1 Å². The van der Waals surface area contributed by atoms with Crippen LogP contribution in [0, 0.1) is 0 Å². The maximum Gasteiger partial charge on any atom is 0.416 e. The van der Waals surface area contributed by atoms with Gasteiger partial charge in [0.2, 0.25) is 17.7 Å². The fraction of sp³-hybridized carbons (Fsp3) is 0.400. The fourth-order valence-corrected chi connectivity index (χ4v) is 2.98. The first-order valence-corrected chi connectivity index (χ1v) is 9.47. The molecule has 2 heterocycles. The molecular formula is C20H22F3N5O2. The first kappa shape index (κ1) is 21.5. The Morgan fingerprint density at radius 1 is 1.23 bits per heavy atom. The predicted molar refractivity (Wildman–Crippen MR) is 101 cm³/mol. The lowest BCUT2D eigenvalue weighted by molar-refractivity contribution is -0.137. The van der Waals surface area contributed by atoms with Crippen molar-refractivity contribution in [3.05, 3.63) is 65.4 Å². The third-order valence-electron chi connectivity index (χ3n) is 4.62. The number of rotatable bonds is 8. The molecule has 0 radical (unpaired) electrons. The number of carbonyl (C=O) groups is 1. The van der Waals surface area contributed by atoms with Gasteiger partial charge < -0.3 is 13.9 Å². The second kappa shape index (κ2) is 9.10. The van der Waals surface area contributed by atoms with Gasteiger partial charge in [0.15, 0.2) is 0 Å². The Labute approximate surface area is 171 Å². The zero-order valence-corrected chi connectivity index (χ0v) is 16.7. The van der Waals surface area contributed by atoms with Crippen molar-refractivity contribution in [2.75, 3.05) is 7.05 Å². The second-order valence-electron chi connectivity index (χ2n) is 6.84. The summed E-state index contributed by atoms with van der Waals surface area (Å²) in [6.45, 7) is 3.16. The smallest absolute Gasteiger partial charge is 0.416 e. The minimum absolute atomic E-state index is 0.0877. The summed E-state index contributed by atoms with van der Waals surface area (Å²) in [7, 11) is 1.70. The molecule has 0 spiro atoms. The van der Waals surface area contributed by atoms with Crippen molar-refractivity contribution in [1.82, 2.24) is 24.6 Å². The number of amides is 1. The maximum atomic E-state index is 12.8. The second-order valence-corrected chi connectivity index (χ2v) is 6.84. The van der Waals surface area contributed by atoms with Crippen molar-refractivity contribution in [1.29, 1.82) is 0 Å². The predicted octanol–water partition coefficient (Wildman–Crippen LogP) is 3.49. The number of nitrogens with zero attached hydrogens (tertiary/aromatic N) is 5. The topological polar surface area (TPSA) is 77.1 Å². The lowest BCUT2D eigenvalue weighted by Crippen LogP contribution is -2.27. The van der Waals surface area contributed by atoms with Gasteiger partial charge in [0.25, 0.3) is 0 Å². The van der Waals surface area contributed by atoms with E-state index in [0.717, 1.165) is 24.5 Å². The van der Waals surface area contributed by atoms with E-state index in [1.165, 1.54) is 6.07 Å². The first-order chi connectivity index (χ1) is 14.3. The van der Waals surface area contributed by atoms with Crippen molar-refractivity contribution in [3.63, 3.8) is 0 Å². The van der Waals surface area contributed by atoms with Crippen LogP contribution in [0.15, 0.2) is 41.1 Å². The summed E-state index contributed by atoms with van der Waals surface area (Å²) in [5.41, 5.74) is -0.306. The van der Waals surface area contributed by atoms with E-state index >= 15 is 0 Å². The number of aromatic nitrogens is 4. The van der Waals surface area contributed by atoms with Crippen LogP contribution in [0.1, 0.15) is 42.1 Å². The van der Waals surface area contributed by atoms with E-state index in [1.807, 2.05) is 17.7 Å². The molecule has 0 aliphatic carbocycles. The van der Waals surface area contributed by atoms with Gasteiger partial charge >= 0.3 is 6.18 Å². The van der Waals surface area contributed by atoms with Gasteiger partial charge in [0, 0.05) is 38.8 Å². The van der Waals surface area contributed by atoms with Crippen molar-refractivity contribution < 1.29 is 22.4 Å². The maximum absolute atomic E-state index is 12.8. The SMILES string of the molecule is CCn1ccnc1CN(C)C(=O)CCc1nnc(Cc2cccc(C(F)(F)F)c2)o1. The first-order valence-electron chi connectivity index (χ1n) is 9.47. The molecule has 160 valence electrons. The number of imidazole rings is 1. The largest absolute Gasteiger partial charge is 0.425 e. The number of alkyl halides is 3. The summed E-state index contributed by atoms with van der Waals surface area (Å²) < 4.78 is 45.9. The van der Waals surface area contributed by atoms with Gasteiger partial charge in [0.05, 0.1) is 18.5 Å². The zero-order chi connectivity index (χ0) is 21.7. The van der Waals surface area contributed by atoms with E-state index in [2.05, 4.69) is 15.2 Å². The van der Waals surface area contributed by atoms with E-state index in [9.17, 15) is 18.0 Å². The number of hydrogen-bond donors (Lipinski definition) is 0. The van der Waals surface area contributed by atoms with Gasteiger partial charge in [-0.2, -0.15) is 13.2 Å². The molecule has 2 aromatic heterocycles. The van der Waals surface area contributed by atoms with Gasteiger partial charge in [-0.25, -0.2) is 4.98 Å². The Morgan fingerprint density at radius 3 is 2.73 bits per heavy atom. The standard InChI is InChI=1S/C20H22F3N5O2/c1-3-28-10-9-24-16(28)13-27(2)19(29)8-7-17-25-26-18(30-17)12-14-5-4-6-15(11-14)20(21,22)23/h4-6,9-11H,3,7-8,12-13H2,1-2H3. The summed E-state index contributed by atoms with van der Waals surface area (Å²) in [5.74, 6) is 1.18. The van der Waals surface area contributed by atoms with Crippen molar-refractivity contribution >= 4 is 5.91 Å². The molecule has 0 atom stereocenters. The highest BCUT2D eigenvalue weighted by molar-refractivity contribution is 5.75. The molecule has 1 aromatic carbocycles. The van der Waals surface area contributed by atoms with E-state index < -0.39 is 11.7 Å². The van der Waals surface area contributed by atoms with Crippen LogP contribution in [0.4, 0.5) is 13.2 Å². The van der Waals surface area contributed by atoms with Gasteiger partial charge in [-0.15, -0.1) is 10.2 Å². The highest BCUT2D eigenvalue weighted by atomic mass is 19.4. The molecule has 1 amide bonds. The summed E-state index contributed by atoms with van der Waals surface area (Å²) >= 11 is 0. The Hall–Kier alpha value is -3.17. The van der Waals surface area contributed by atoms with E-state index in [4.69, 9.17) is 4.42 Å². The molecule has 0 bridgehead atoms. The third kappa shape index (κ3) is 5.46. The monoisotopic (exact) mass is 421 g/mol. The molecule has 7 nitrogen and oxygen atoms in total. The average Bonchev–Trinajstić information content (AvgIpc) is 3.34. The molecule has 30 heavy (non-hydrogen) atoms. The summed E-state index contributed by atoms with van der Waals surface area (Å²) in [5, 5.41) is 7.77. The number of halogens is 3. The minimum atomic E-state index is -4.41. The van der Waals surface area contributed by atoms with Crippen molar-refractivity contribution in [2.24, 2.45) is 0 Å². The number of benzene rings is 1. The molecule has 3 rings (SSSR count). The molecular weight excluding hydrogens is 399 g/mol. The number of aryl methyl sites for hydroxylation is 2. The Bertz CT molecular complexity index is 996. The molecule has 3 aromatic rings. The molecule has 10 heteroatoms. The highest BCUT2D eigenvalue weighted by Gasteiger charge is 2.30. The lowest BCUT2D eigenvalue weighted by Gasteiger charge is -2.17. The van der Waals surface area contributed by atoms with Crippen molar-refractivity contribution in [2.45, 2.75) is 45.5 Å². The molecule has 0 fully saturated rings. The Balaban J connectivity index is 1.53. The molecule has 0 unspecified atom stereocenters. The van der Waals surface area contributed by atoms with Gasteiger partial charge in [-0.3, -0.25) is 4.79 Å². The number of carbonyl (C=O) groups excluding carboxylic acids is 1. The fourth-order valence-electron chi connectivity index (χ4n) is 2.98. The summed E-state index contributed by atoms with van der Waals surface area (Å²) in [4.78, 5) is 18.2. The highest BCUT2D eigenvalue weighted by Crippen LogP contribution is 2.29. The normalized spacial score (nSPS) is 11.6. The van der Waals surface area contributed by atoms with Gasteiger partial charge in [-0.05, 0) is 18.6 Å². The number of hydrogen-bond acceptors (Lipinski definition) is 5. The van der Waals surface area contributed by atoms with Crippen LogP contribution < -0.4 is 0 Å². The van der Waals surface area contributed by atoms with Crippen LogP contribution in [-0.4, -0.2) is 37.6 Å². The molecule has 0 saturated heterocycles. The van der Waals surface area contributed by atoms with E-state index in [1.54, 1.807) is 24.2 Å².